The summed E-state index contributed by atoms with van der Waals surface area (Å²) >= 11 is 3.55. The predicted octanol–water partition coefficient (Wildman–Crippen LogP) is 4.29. The van der Waals surface area contributed by atoms with Crippen LogP contribution in [0.3, 0.4) is 0 Å². The lowest BCUT2D eigenvalue weighted by atomic mass is 9.88. The maximum atomic E-state index is 11.7. The van der Waals surface area contributed by atoms with Crippen molar-refractivity contribution in [3.05, 3.63) is 33.2 Å². The molecule has 1 fully saturated rings. The van der Waals surface area contributed by atoms with Gasteiger partial charge in [0.2, 0.25) is 5.89 Å². The first kappa shape index (κ1) is 20.4. The van der Waals surface area contributed by atoms with Crippen molar-refractivity contribution < 1.29 is 14.3 Å². The molecule has 1 amide bonds. The number of anilines is 1. The van der Waals surface area contributed by atoms with Crippen LogP contribution in [0.4, 0.5) is 10.5 Å². The number of nitrogens with one attached hydrogen (secondary N) is 2. The lowest BCUT2D eigenvalue weighted by Crippen LogP contribution is -2.52. The largest absolute Gasteiger partial charge is 0.465 e. The first-order valence-corrected chi connectivity index (χ1v) is 10.1. The Morgan fingerprint density at radius 2 is 2.00 bits per heavy atom. The second-order valence-corrected chi connectivity index (χ2v) is 8.94. The summed E-state index contributed by atoms with van der Waals surface area (Å²) < 4.78 is 5.92. The molecule has 0 atom stereocenters. The molecule has 1 aromatic heterocycles. The molecule has 1 aliphatic rings. The zero-order chi connectivity index (χ0) is 20.5. The van der Waals surface area contributed by atoms with E-state index in [0.717, 1.165) is 35.8 Å². The molecule has 0 unspecified atom stereocenters. The van der Waals surface area contributed by atoms with Gasteiger partial charge in [-0.3, -0.25) is 0 Å². The topological polar surface area (TPSA) is 111 Å². The van der Waals surface area contributed by atoms with Crippen LogP contribution in [-0.2, 0) is 0 Å². The molecule has 1 aliphatic carbocycles. The van der Waals surface area contributed by atoms with Gasteiger partial charge < -0.3 is 19.7 Å². The molecule has 0 spiro atoms. The summed E-state index contributed by atoms with van der Waals surface area (Å²) in [4.78, 5) is 24.5. The monoisotopic (exact) mass is 452 g/mol. The molecule has 1 saturated carbocycles. The fourth-order valence-corrected chi connectivity index (χ4v) is 4.17. The van der Waals surface area contributed by atoms with E-state index in [1.165, 1.54) is 0 Å². The van der Waals surface area contributed by atoms with Crippen molar-refractivity contribution in [2.24, 2.45) is 0 Å². The Morgan fingerprint density at radius 3 is 2.54 bits per heavy atom. The lowest BCUT2D eigenvalue weighted by molar-refractivity contribution is 0.0557. The second-order valence-electron chi connectivity index (χ2n) is 8.09. The van der Waals surface area contributed by atoms with E-state index in [9.17, 15) is 14.7 Å². The summed E-state index contributed by atoms with van der Waals surface area (Å²) in [6, 6.07) is 5.85. The highest BCUT2D eigenvalue weighted by Gasteiger charge is 2.35. The van der Waals surface area contributed by atoms with Gasteiger partial charge in [0, 0.05) is 33.3 Å². The first-order chi connectivity index (χ1) is 13.1. The third-order valence-corrected chi connectivity index (χ3v) is 5.69. The third-order valence-electron chi connectivity index (χ3n) is 5.00. The number of benzene rings is 1. The molecule has 3 rings (SSSR count). The van der Waals surface area contributed by atoms with Gasteiger partial charge in [0.25, 0.3) is 0 Å². The Hall–Kier alpha value is -2.29. The number of aromatic nitrogens is 2. The highest BCUT2D eigenvalue weighted by Crippen LogP contribution is 2.33. The van der Waals surface area contributed by atoms with Crippen molar-refractivity contribution in [2.45, 2.75) is 64.1 Å². The summed E-state index contributed by atoms with van der Waals surface area (Å²) in [5, 5.41) is 19.3. The average Bonchev–Trinajstić information content (AvgIpc) is 3.03. The van der Waals surface area contributed by atoms with Gasteiger partial charge in [0.1, 0.15) is 0 Å². The number of halogens is 1. The minimum atomic E-state index is -0.861. The Kier molecular flexibility index (Phi) is 5.83. The van der Waals surface area contributed by atoms with Crippen LogP contribution in [-0.4, -0.2) is 43.9 Å². The summed E-state index contributed by atoms with van der Waals surface area (Å²) in [6.07, 6.45) is 2.51. The van der Waals surface area contributed by atoms with Crippen molar-refractivity contribution in [2.75, 3.05) is 5.32 Å². The van der Waals surface area contributed by atoms with E-state index >= 15 is 0 Å². The van der Waals surface area contributed by atoms with E-state index in [1.54, 1.807) is 4.90 Å². The maximum absolute atomic E-state index is 11.7. The quantitative estimate of drug-likeness (QED) is 0.637. The molecular weight excluding hydrogens is 428 g/mol. The van der Waals surface area contributed by atoms with Crippen molar-refractivity contribution in [1.82, 2.24) is 15.1 Å². The van der Waals surface area contributed by atoms with Crippen LogP contribution < -0.4 is 11.1 Å². The normalized spacial score (nSPS) is 20.0. The minimum absolute atomic E-state index is 0.0312. The average molecular weight is 453 g/mol. The van der Waals surface area contributed by atoms with E-state index in [-0.39, 0.29) is 18.0 Å². The maximum Gasteiger partial charge on any atom is 0.434 e. The number of amides is 1. The van der Waals surface area contributed by atoms with Gasteiger partial charge in [-0.25, -0.2) is 14.7 Å². The van der Waals surface area contributed by atoms with E-state index in [1.807, 2.05) is 39.0 Å². The highest BCUT2D eigenvalue weighted by atomic mass is 79.9. The van der Waals surface area contributed by atoms with E-state index < -0.39 is 17.4 Å². The number of rotatable bonds is 4. The van der Waals surface area contributed by atoms with Crippen molar-refractivity contribution in [1.29, 1.82) is 0 Å². The first-order valence-electron chi connectivity index (χ1n) is 9.29. The molecule has 152 valence electrons. The van der Waals surface area contributed by atoms with Gasteiger partial charge in [0.05, 0.1) is 0 Å². The SMILES string of the molecule is CC(C)(C)N(C(=O)O)[C@H]1CC[C@H](Nc2cc(-c3n[nH]c(=O)o3)ccc2Br)CC1. The molecular formula is C19H25BrN4O4. The highest BCUT2D eigenvalue weighted by molar-refractivity contribution is 9.10. The van der Waals surface area contributed by atoms with Crippen LogP contribution in [0.5, 0.6) is 0 Å². The van der Waals surface area contributed by atoms with Gasteiger partial charge in [-0.05, 0) is 80.6 Å². The van der Waals surface area contributed by atoms with Crippen LogP contribution in [0.1, 0.15) is 46.5 Å². The molecule has 0 aliphatic heterocycles. The molecule has 0 bridgehead atoms. The fourth-order valence-electron chi connectivity index (χ4n) is 3.81. The Bertz CT molecular complexity index is 894. The molecule has 1 heterocycles. The van der Waals surface area contributed by atoms with Crippen LogP contribution in [0.15, 0.2) is 31.9 Å². The molecule has 8 nitrogen and oxygen atoms in total. The van der Waals surface area contributed by atoms with Crippen LogP contribution in [0, 0.1) is 0 Å². The summed E-state index contributed by atoms with van der Waals surface area (Å²) in [5.41, 5.74) is 1.17. The number of hydrogen-bond acceptors (Lipinski definition) is 5. The number of hydrogen-bond donors (Lipinski definition) is 3. The molecule has 2 aromatic rings. The van der Waals surface area contributed by atoms with Crippen LogP contribution >= 0.6 is 15.9 Å². The molecule has 0 radical (unpaired) electrons. The van der Waals surface area contributed by atoms with Gasteiger partial charge in [0.15, 0.2) is 0 Å². The molecule has 0 saturated heterocycles. The Balaban J connectivity index is 1.68. The third kappa shape index (κ3) is 4.57. The fraction of sp³-hybridized carbons (Fsp3) is 0.526. The van der Waals surface area contributed by atoms with Gasteiger partial charge in [-0.1, -0.05) is 0 Å². The summed E-state index contributed by atoms with van der Waals surface area (Å²) in [7, 11) is 0. The molecule has 9 heteroatoms. The van der Waals surface area contributed by atoms with Crippen LogP contribution in [0.2, 0.25) is 0 Å². The molecule has 28 heavy (non-hydrogen) atoms. The number of aromatic amines is 1. The predicted molar refractivity (Wildman–Crippen MR) is 110 cm³/mol. The van der Waals surface area contributed by atoms with E-state index in [0.29, 0.717) is 5.56 Å². The Morgan fingerprint density at radius 1 is 1.32 bits per heavy atom. The van der Waals surface area contributed by atoms with Gasteiger partial charge in [-0.2, -0.15) is 0 Å². The van der Waals surface area contributed by atoms with Crippen molar-refractivity contribution >= 4 is 27.7 Å². The molecule has 1 aromatic carbocycles. The number of carboxylic acid groups (broad SMARTS) is 1. The Labute approximate surface area is 171 Å². The van der Waals surface area contributed by atoms with E-state index in [2.05, 4.69) is 31.4 Å². The van der Waals surface area contributed by atoms with Crippen LogP contribution in [0.25, 0.3) is 11.5 Å². The number of H-pyrrole nitrogens is 1. The van der Waals surface area contributed by atoms with Gasteiger partial charge in [-0.15, -0.1) is 5.10 Å². The summed E-state index contributed by atoms with van der Waals surface area (Å²) in [6.45, 7) is 5.80. The number of carbonyl (C=O) groups is 1. The lowest BCUT2D eigenvalue weighted by Gasteiger charge is -2.43. The van der Waals surface area contributed by atoms with Gasteiger partial charge >= 0.3 is 11.8 Å². The van der Waals surface area contributed by atoms with Crippen molar-refractivity contribution in [3.8, 4) is 11.5 Å². The number of nitrogens with zero attached hydrogens (tertiary/aromatic N) is 2. The standard InChI is InChI=1S/C19H25BrN4O4/c1-19(2,3)24(18(26)27)13-7-5-12(6-8-13)21-15-10-11(4-9-14(15)20)16-22-23-17(25)28-16/h4,9-10,12-13,21H,5-8H2,1-3H3,(H,23,25)(H,26,27)/t12-,13-. The minimum Gasteiger partial charge on any atom is -0.465 e. The smallest absolute Gasteiger partial charge is 0.434 e. The zero-order valence-corrected chi connectivity index (χ0v) is 17.7. The zero-order valence-electron chi connectivity index (χ0n) is 16.2. The second kappa shape index (κ2) is 7.98. The molecule has 3 N–H and O–H groups in total. The van der Waals surface area contributed by atoms with E-state index in [4.69, 9.17) is 4.42 Å². The van der Waals surface area contributed by atoms with Crippen molar-refractivity contribution in [3.63, 3.8) is 0 Å². The summed E-state index contributed by atoms with van der Waals surface area (Å²) in [5.74, 6) is -0.348.